The number of halogens is 3. The number of amides is 1. The highest BCUT2D eigenvalue weighted by Gasteiger charge is 2.37. The van der Waals surface area contributed by atoms with Gasteiger partial charge in [0.2, 0.25) is 5.91 Å². The molecule has 2 saturated heterocycles. The number of nitrogens with one attached hydrogen (secondary N) is 1. The molecule has 2 rings (SSSR count). The van der Waals surface area contributed by atoms with E-state index in [1.54, 1.807) is 11.8 Å². The monoisotopic (exact) mass is 279 g/mol. The van der Waals surface area contributed by atoms with Gasteiger partial charge in [-0.2, -0.15) is 13.2 Å². The van der Waals surface area contributed by atoms with Crippen LogP contribution in [0.3, 0.4) is 0 Å². The molecule has 0 aromatic rings. The van der Waals surface area contributed by atoms with Gasteiger partial charge in [-0.15, -0.1) is 0 Å². The molecule has 2 aliphatic heterocycles. The molecule has 0 radical (unpaired) electrons. The van der Waals surface area contributed by atoms with Crippen LogP contribution in [0, 0.1) is 0 Å². The smallest absolute Gasteiger partial charge is 0.339 e. The average Bonchev–Trinajstić information content (AvgIpc) is 2.82. The summed E-state index contributed by atoms with van der Waals surface area (Å²) in [6.45, 7) is 2.76. The van der Waals surface area contributed by atoms with Crippen molar-refractivity contribution in [2.75, 3.05) is 32.7 Å². The van der Waals surface area contributed by atoms with Crippen molar-refractivity contribution >= 4 is 5.91 Å². The summed E-state index contributed by atoms with van der Waals surface area (Å²) in [4.78, 5) is 15.3. The molecule has 0 unspecified atom stereocenters. The van der Waals surface area contributed by atoms with Crippen molar-refractivity contribution in [3.05, 3.63) is 0 Å². The Bertz CT molecular complexity index is 329. The van der Waals surface area contributed by atoms with Crippen LogP contribution in [0.1, 0.15) is 19.8 Å². The summed E-state index contributed by atoms with van der Waals surface area (Å²) >= 11 is 0. The Morgan fingerprint density at radius 2 is 2.11 bits per heavy atom. The first-order chi connectivity index (χ1) is 8.87. The molecule has 0 aliphatic carbocycles. The highest BCUT2D eigenvalue weighted by molar-refractivity contribution is 5.82. The lowest BCUT2D eigenvalue weighted by molar-refractivity contribution is -0.158. The van der Waals surface area contributed by atoms with Gasteiger partial charge in [-0.25, -0.2) is 0 Å². The largest absolute Gasteiger partial charge is 0.401 e. The molecule has 19 heavy (non-hydrogen) atoms. The van der Waals surface area contributed by atoms with E-state index in [1.165, 1.54) is 4.90 Å². The Labute approximate surface area is 110 Å². The first kappa shape index (κ1) is 14.6. The fourth-order valence-electron chi connectivity index (χ4n) is 2.78. The van der Waals surface area contributed by atoms with E-state index < -0.39 is 12.7 Å². The fraction of sp³-hybridized carbons (Fsp3) is 0.917. The zero-order valence-electron chi connectivity index (χ0n) is 11.0. The topological polar surface area (TPSA) is 35.6 Å². The molecule has 0 aromatic carbocycles. The van der Waals surface area contributed by atoms with Gasteiger partial charge in [0.05, 0.1) is 12.6 Å². The normalized spacial score (nSPS) is 29.8. The lowest BCUT2D eigenvalue weighted by Crippen LogP contribution is -2.58. The maximum absolute atomic E-state index is 12.4. The number of carbonyl (C=O) groups is 1. The van der Waals surface area contributed by atoms with Crippen LogP contribution in [0.15, 0.2) is 0 Å². The van der Waals surface area contributed by atoms with Crippen LogP contribution in [0.25, 0.3) is 0 Å². The van der Waals surface area contributed by atoms with Crippen molar-refractivity contribution in [3.8, 4) is 0 Å². The Kier molecular flexibility index (Phi) is 4.35. The molecular formula is C12H20F3N3O. The van der Waals surface area contributed by atoms with Gasteiger partial charge in [0.15, 0.2) is 0 Å². The molecule has 0 saturated carbocycles. The van der Waals surface area contributed by atoms with Crippen molar-refractivity contribution in [2.24, 2.45) is 0 Å². The minimum absolute atomic E-state index is 0.0380. The molecule has 1 N–H and O–H groups in total. The van der Waals surface area contributed by atoms with Gasteiger partial charge in [0, 0.05) is 25.7 Å². The Hall–Kier alpha value is -0.820. The maximum atomic E-state index is 12.4. The van der Waals surface area contributed by atoms with Gasteiger partial charge in [-0.3, -0.25) is 9.69 Å². The van der Waals surface area contributed by atoms with Crippen LogP contribution in [0.5, 0.6) is 0 Å². The predicted octanol–water partition coefficient (Wildman–Crippen LogP) is 0.833. The summed E-state index contributed by atoms with van der Waals surface area (Å²) in [6.07, 6.45) is -2.36. The fourth-order valence-corrected chi connectivity index (χ4v) is 2.78. The summed E-state index contributed by atoms with van der Waals surface area (Å²) in [5.41, 5.74) is 0. The molecule has 110 valence electrons. The number of hydrogen-bond donors (Lipinski definition) is 1. The van der Waals surface area contributed by atoms with E-state index in [0.29, 0.717) is 19.6 Å². The van der Waals surface area contributed by atoms with E-state index >= 15 is 0 Å². The molecular weight excluding hydrogens is 259 g/mol. The molecule has 0 aromatic heterocycles. The zero-order valence-corrected chi connectivity index (χ0v) is 11.0. The van der Waals surface area contributed by atoms with Gasteiger partial charge in [0.25, 0.3) is 0 Å². The van der Waals surface area contributed by atoms with Crippen LogP contribution < -0.4 is 5.32 Å². The highest BCUT2D eigenvalue weighted by atomic mass is 19.4. The molecule has 2 atom stereocenters. The van der Waals surface area contributed by atoms with Crippen molar-refractivity contribution < 1.29 is 18.0 Å². The zero-order chi connectivity index (χ0) is 14.0. The lowest BCUT2D eigenvalue weighted by atomic mass is 10.1. The summed E-state index contributed by atoms with van der Waals surface area (Å²) in [5, 5.41) is 3.13. The van der Waals surface area contributed by atoms with Crippen LogP contribution in [-0.4, -0.2) is 66.7 Å². The van der Waals surface area contributed by atoms with E-state index in [1.807, 2.05) is 0 Å². The Balaban J connectivity index is 1.87. The SMILES string of the molecule is C[C@@H]1CN(C(=O)[C@H]2CCCN2)CCN1CC(F)(F)F. The van der Waals surface area contributed by atoms with Crippen LogP contribution >= 0.6 is 0 Å². The Morgan fingerprint density at radius 3 is 2.63 bits per heavy atom. The molecule has 7 heteroatoms. The first-order valence-electron chi connectivity index (χ1n) is 6.70. The van der Waals surface area contributed by atoms with Gasteiger partial charge in [0.1, 0.15) is 0 Å². The van der Waals surface area contributed by atoms with E-state index in [-0.39, 0.29) is 18.0 Å². The molecule has 2 aliphatic rings. The molecule has 0 bridgehead atoms. The van der Waals surface area contributed by atoms with Crippen LogP contribution in [-0.2, 0) is 4.79 Å². The van der Waals surface area contributed by atoms with Crippen molar-refractivity contribution in [1.29, 1.82) is 0 Å². The minimum Gasteiger partial charge on any atom is -0.339 e. The van der Waals surface area contributed by atoms with E-state index in [4.69, 9.17) is 0 Å². The molecule has 2 fully saturated rings. The molecule has 2 heterocycles. The average molecular weight is 279 g/mol. The van der Waals surface area contributed by atoms with Gasteiger partial charge >= 0.3 is 6.18 Å². The Morgan fingerprint density at radius 1 is 1.37 bits per heavy atom. The van der Waals surface area contributed by atoms with E-state index in [2.05, 4.69) is 5.32 Å². The first-order valence-corrected chi connectivity index (χ1v) is 6.70. The second-order valence-corrected chi connectivity index (χ2v) is 5.37. The maximum Gasteiger partial charge on any atom is 0.401 e. The number of rotatable bonds is 2. The lowest BCUT2D eigenvalue weighted by Gasteiger charge is -2.40. The van der Waals surface area contributed by atoms with Gasteiger partial charge < -0.3 is 10.2 Å². The third-order valence-electron chi connectivity index (χ3n) is 3.82. The van der Waals surface area contributed by atoms with Crippen LogP contribution in [0.2, 0.25) is 0 Å². The summed E-state index contributed by atoms with van der Waals surface area (Å²) < 4.78 is 37.1. The van der Waals surface area contributed by atoms with Crippen LogP contribution in [0.4, 0.5) is 13.2 Å². The third-order valence-corrected chi connectivity index (χ3v) is 3.82. The number of hydrogen-bond acceptors (Lipinski definition) is 3. The number of carbonyl (C=O) groups excluding carboxylic acids is 1. The van der Waals surface area contributed by atoms with Gasteiger partial charge in [-0.05, 0) is 26.3 Å². The van der Waals surface area contributed by atoms with Crippen molar-refractivity contribution in [2.45, 2.75) is 38.0 Å². The summed E-state index contributed by atoms with van der Waals surface area (Å²) in [7, 11) is 0. The highest BCUT2D eigenvalue weighted by Crippen LogP contribution is 2.21. The van der Waals surface area contributed by atoms with Crippen molar-refractivity contribution in [1.82, 2.24) is 15.1 Å². The van der Waals surface area contributed by atoms with Gasteiger partial charge in [-0.1, -0.05) is 0 Å². The van der Waals surface area contributed by atoms with Crippen molar-refractivity contribution in [3.63, 3.8) is 0 Å². The molecule has 1 amide bonds. The molecule has 4 nitrogen and oxygen atoms in total. The minimum atomic E-state index is -4.17. The molecule has 0 spiro atoms. The van der Waals surface area contributed by atoms with E-state index in [0.717, 1.165) is 19.4 Å². The summed E-state index contributed by atoms with van der Waals surface area (Å²) in [5.74, 6) is 0.0380. The second-order valence-electron chi connectivity index (χ2n) is 5.37. The quantitative estimate of drug-likeness (QED) is 0.813. The van der Waals surface area contributed by atoms with E-state index in [9.17, 15) is 18.0 Å². The summed E-state index contributed by atoms with van der Waals surface area (Å²) in [6, 6.07) is -0.387. The number of alkyl halides is 3. The standard InChI is InChI=1S/C12H20F3N3O/c1-9-7-17(11(19)10-3-2-4-16-10)5-6-18(9)8-12(13,14)15/h9-10,16H,2-8H2,1H3/t9-,10-/m1/s1. The predicted molar refractivity (Wildman–Crippen MR) is 64.7 cm³/mol. The number of nitrogens with zero attached hydrogens (tertiary/aromatic N) is 2. The third kappa shape index (κ3) is 3.82. The second kappa shape index (κ2) is 5.66. The number of piperazine rings is 1.